The van der Waals surface area contributed by atoms with E-state index in [4.69, 9.17) is 0 Å². The lowest BCUT2D eigenvalue weighted by Gasteiger charge is -2.21. The molecule has 1 heterocycles. The van der Waals surface area contributed by atoms with Crippen LogP contribution in [0.25, 0.3) is 0 Å². The van der Waals surface area contributed by atoms with E-state index in [9.17, 15) is 12.8 Å². The van der Waals surface area contributed by atoms with Crippen LogP contribution in [0.15, 0.2) is 53.5 Å². The van der Waals surface area contributed by atoms with E-state index in [0.29, 0.717) is 19.0 Å². The van der Waals surface area contributed by atoms with Crippen molar-refractivity contribution in [3.63, 3.8) is 0 Å². The molecule has 2 aliphatic rings. The molecule has 1 aliphatic heterocycles. The van der Waals surface area contributed by atoms with Gasteiger partial charge in [0, 0.05) is 32.1 Å². The molecule has 0 radical (unpaired) electrons. The minimum absolute atomic E-state index is 0. The summed E-state index contributed by atoms with van der Waals surface area (Å²) in [6.07, 6.45) is 2.72. The van der Waals surface area contributed by atoms with Crippen molar-refractivity contribution in [2.24, 2.45) is 4.99 Å². The summed E-state index contributed by atoms with van der Waals surface area (Å²) in [6, 6.07) is 14.4. The highest BCUT2D eigenvalue weighted by Gasteiger charge is 2.44. The summed E-state index contributed by atoms with van der Waals surface area (Å²) < 4.78 is 40.7. The van der Waals surface area contributed by atoms with Gasteiger partial charge in [-0.25, -0.2) is 12.8 Å². The molecule has 6 nitrogen and oxygen atoms in total. The van der Waals surface area contributed by atoms with Crippen LogP contribution in [-0.4, -0.2) is 46.8 Å². The lowest BCUT2D eigenvalue weighted by atomic mass is 9.96. The first kappa shape index (κ1) is 23.8. The summed E-state index contributed by atoms with van der Waals surface area (Å²) >= 11 is 0. The molecule has 0 spiro atoms. The van der Waals surface area contributed by atoms with E-state index in [-0.39, 0.29) is 47.5 Å². The number of rotatable bonds is 7. The molecule has 2 aromatic rings. The summed E-state index contributed by atoms with van der Waals surface area (Å²) in [7, 11) is -1.75. The van der Waals surface area contributed by atoms with Gasteiger partial charge >= 0.3 is 0 Å². The minimum atomic E-state index is -3.41. The average Bonchev–Trinajstić information content (AvgIpc) is 3.40. The monoisotopic (exact) mass is 558 g/mol. The summed E-state index contributed by atoms with van der Waals surface area (Å²) in [5.74, 6) is 0.307. The van der Waals surface area contributed by atoms with E-state index in [1.165, 1.54) is 10.4 Å². The van der Waals surface area contributed by atoms with Gasteiger partial charge in [0.1, 0.15) is 5.82 Å². The molecule has 31 heavy (non-hydrogen) atoms. The smallest absolute Gasteiger partial charge is 0.236 e. The van der Waals surface area contributed by atoms with Crippen LogP contribution in [0.2, 0.25) is 0 Å². The van der Waals surface area contributed by atoms with Crippen molar-refractivity contribution in [1.29, 1.82) is 0 Å². The van der Waals surface area contributed by atoms with Gasteiger partial charge in [0.05, 0.1) is 11.4 Å². The lowest BCUT2D eigenvalue weighted by molar-refractivity contribution is 0.590. The number of guanidine groups is 1. The van der Waals surface area contributed by atoms with Gasteiger partial charge in [-0.05, 0) is 48.6 Å². The fourth-order valence-corrected chi connectivity index (χ4v) is 5.44. The molecule has 168 valence electrons. The number of nitrogens with zero attached hydrogens (tertiary/aromatic N) is 2. The Hall–Kier alpha value is -1.88. The predicted molar refractivity (Wildman–Crippen MR) is 133 cm³/mol. The van der Waals surface area contributed by atoms with Crippen molar-refractivity contribution >= 4 is 45.6 Å². The molecule has 2 aromatic carbocycles. The predicted octanol–water partition coefficient (Wildman–Crippen LogP) is 3.03. The minimum Gasteiger partial charge on any atom is -0.356 e. The lowest BCUT2D eigenvalue weighted by Crippen LogP contribution is -2.44. The second kappa shape index (κ2) is 9.72. The first-order valence-corrected chi connectivity index (χ1v) is 11.8. The van der Waals surface area contributed by atoms with E-state index in [2.05, 4.69) is 15.6 Å². The fourth-order valence-electron chi connectivity index (χ4n) is 4.02. The van der Waals surface area contributed by atoms with Crippen LogP contribution >= 0.6 is 24.0 Å². The Labute approximate surface area is 200 Å². The number of fused-ring (bicyclic) bond motifs is 1. The van der Waals surface area contributed by atoms with E-state index in [1.807, 2.05) is 30.3 Å². The van der Waals surface area contributed by atoms with Gasteiger partial charge in [-0.15, -0.1) is 24.0 Å². The van der Waals surface area contributed by atoms with Gasteiger partial charge in [0.25, 0.3) is 0 Å². The number of hydrogen-bond acceptors (Lipinski definition) is 3. The number of hydrogen-bond donors (Lipinski definition) is 2. The van der Waals surface area contributed by atoms with Crippen LogP contribution in [0.1, 0.15) is 24.0 Å². The van der Waals surface area contributed by atoms with Crippen molar-refractivity contribution < 1.29 is 12.8 Å². The topological polar surface area (TPSA) is 73.8 Å². The van der Waals surface area contributed by atoms with Gasteiger partial charge in [0.2, 0.25) is 10.0 Å². The van der Waals surface area contributed by atoms with E-state index < -0.39 is 10.0 Å². The second-order valence-corrected chi connectivity index (χ2v) is 9.92. The van der Waals surface area contributed by atoms with Crippen molar-refractivity contribution in [1.82, 2.24) is 10.6 Å². The highest BCUT2D eigenvalue weighted by molar-refractivity contribution is 14.0. The molecule has 0 bridgehead atoms. The highest BCUT2D eigenvalue weighted by atomic mass is 127. The van der Waals surface area contributed by atoms with Gasteiger partial charge < -0.3 is 10.6 Å². The molecule has 0 amide bonds. The molecule has 4 rings (SSSR count). The number of aliphatic imine (C=N–C) groups is 1. The van der Waals surface area contributed by atoms with Crippen LogP contribution in [0, 0.1) is 5.82 Å². The summed E-state index contributed by atoms with van der Waals surface area (Å²) in [5.41, 5.74) is 2.76. The SMILES string of the molecule is CN=C(NCCS(=O)(=O)N1CCc2ccccc21)NCC1(c2cccc(F)c2)CC1.I. The van der Waals surface area contributed by atoms with Crippen LogP contribution < -0.4 is 14.9 Å². The van der Waals surface area contributed by atoms with Crippen molar-refractivity contribution in [2.45, 2.75) is 24.7 Å². The Morgan fingerprint density at radius 1 is 1.16 bits per heavy atom. The number of para-hydroxylation sites is 1. The van der Waals surface area contributed by atoms with Gasteiger partial charge in [-0.1, -0.05) is 30.3 Å². The van der Waals surface area contributed by atoms with Gasteiger partial charge in [0.15, 0.2) is 5.96 Å². The Balaban J connectivity index is 0.00000272. The molecule has 2 N–H and O–H groups in total. The van der Waals surface area contributed by atoms with E-state index in [0.717, 1.165) is 36.1 Å². The third-order valence-corrected chi connectivity index (χ3v) is 7.71. The van der Waals surface area contributed by atoms with Crippen LogP contribution in [0.4, 0.5) is 10.1 Å². The maximum Gasteiger partial charge on any atom is 0.236 e. The zero-order valence-corrected chi connectivity index (χ0v) is 20.6. The Morgan fingerprint density at radius 3 is 2.65 bits per heavy atom. The third-order valence-electron chi connectivity index (χ3n) is 5.94. The van der Waals surface area contributed by atoms with Gasteiger partial charge in [-0.3, -0.25) is 9.30 Å². The summed E-state index contributed by atoms with van der Waals surface area (Å²) in [6.45, 7) is 1.38. The van der Waals surface area contributed by atoms with Crippen LogP contribution in [-0.2, 0) is 21.9 Å². The highest BCUT2D eigenvalue weighted by Crippen LogP contribution is 2.47. The van der Waals surface area contributed by atoms with Crippen molar-refractivity contribution in [3.8, 4) is 0 Å². The molecule has 1 fully saturated rings. The standard InChI is InChI=1S/C22H27FN4O2S.HI/c1-24-21(26-16-22(10-11-22)18-6-4-7-19(23)15-18)25-12-14-30(28,29)27-13-9-17-5-2-3-8-20(17)27;/h2-8,15H,9-14,16H2,1H3,(H2,24,25,26);1H. The van der Waals surface area contributed by atoms with E-state index in [1.54, 1.807) is 19.2 Å². The quantitative estimate of drug-likeness (QED) is 0.312. The molecule has 0 saturated heterocycles. The normalized spacial score (nSPS) is 17.0. The molecule has 0 unspecified atom stereocenters. The molecule has 0 atom stereocenters. The maximum absolute atomic E-state index is 13.6. The number of benzene rings is 2. The number of nitrogens with one attached hydrogen (secondary N) is 2. The van der Waals surface area contributed by atoms with Gasteiger partial charge in [-0.2, -0.15) is 0 Å². The fraction of sp³-hybridized carbons (Fsp3) is 0.409. The second-order valence-electron chi connectivity index (χ2n) is 7.91. The maximum atomic E-state index is 13.6. The number of sulfonamides is 1. The zero-order chi connectivity index (χ0) is 21.2. The average molecular weight is 558 g/mol. The van der Waals surface area contributed by atoms with Crippen molar-refractivity contribution in [3.05, 3.63) is 65.5 Å². The Bertz CT molecular complexity index is 1060. The molecular formula is C22H28FIN4O2S. The first-order chi connectivity index (χ1) is 14.4. The van der Waals surface area contributed by atoms with Crippen LogP contribution in [0.5, 0.6) is 0 Å². The first-order valence-electron chi connectivity index (χ1n) is 10.2. The van der Waals surface area contributed by atoms with Crippen molar-refractivity contribution in [2.75, 3.05) is 36.7 Å². The van der Waals surface area contributed by atoms with Crippen LogP contribution in [0.3, 0.4) is 0 Å². The molecule has 0 aromatic heterocycles. The Morgan fingerprint density at radius 2 is 1.94 bits per heavy atom. The molecular weight excluding hydrogens is 530 g/mol. The number of halogens is 2. The summed E-state index contributed by atoms with van der Waals surface area (Å²) in [4.78, 5) is 4.20. The molecule has 1 saturated carbocycles. The number of anilines is 1. The van der Waals surface area contributed by atoms with E-state index >= 15 is 0 Å². The largest absolute Gasteiger partial charge is 0.356 e. The molecule has 9 heteroatoms. The molecule has 1 aliphatic carbocycles. The zero-order valence-electron chi connectivity index (χ0n) is 17.5. The third kappa shape index (κ3) is 5.31. The summed E-state index contributed by atoms with van der Waals surface area (Å²) in [5, 5.41) is 6.36. The Kier molecular flexibility index (Phi) is 7.46.